The lowest BCUT2D eigenvalue weighted by atomic mass is 10.1. The lowest BCUT2D eigenvalue weighted by Crippen LogP contribution is -2.40. The van der Waals surface area contributed by atoms with Gasteiger partial charge in [-0.05, 0) is 26.0 Å². The highest BCUT2D eigenvalue weighted by atomic mass is 16.8. The van der Waals surface area contributed by atoms with Crippen molar-refractivity contribution in [3.63, 3.8) is 0 Å². The normalized spacial score (nSPS) is 33.2. The van der Waals surface area contributed by atoms with Crippen molar-refractivity contribution in [1.82, 2.24) is 0 Å². The number of carbonyl (C=O) groups is 1. The second-order valence-electron chi connectivity index (χ2n) is 6.06. The SMILES string of the molecule is CC1(C)O[C@H]2[C@@H]([C@@H](O)CO)OC(OC(=O)c3ccccc3)[C@H]2O1. The maximum Gasteiger partial charge on any atom is 0.340 e. The van der Waals surface area contributed by atoms with Gasteiger partial charge >= 0.3 is 5.97 Å². The van der Waals surface area contributed by atoms with Crippen LogP contribution in [0.4, 0.5) is 0 Å². The van der Waals surface area contributed by atoms with Crippen LogP contribution in [0.1, 0.15) is 24.2 Å². The second kappa shape index (κ2) is 6.18. The monoisotopic (exact) mass is 324 g/mol. The lowest BCUT2D eigenvalue weighted by Gasteiger charge is -2.25. The van der Waals surface area contributed by atoms with Gasteiger partial charge in [0.05, 0.1) is 12.2 Å². The van der Waals surface area contributed by atoms with Crippen molar-refractivity contribution in [1.29, 1.82) is 0 Å². The first-order chi connectivity index (χ1) is 10.9. The summed E-state index contributed by atoms with van der Waals surface area (Å²) in [4.78, 5) is 12.2. The first-order valence-corrected chi connectivity index (χ1v) is 7.47. The number of fused-ring (bicyclic) bond motifs is 1. The topological polar surface area (TPSA) is 94.5 Å². The Labute approximate surface area is 133 Å². The Hall–Kier alpha value is -1.51. The number of rotatable bonds is 4. The van der Waals surface area contributed by atoms with E-state index in [1.54, 1.807) is 44.2 Å². The number of benzene rings is 1. The summed E-state index contributed by atoms with van der Waals surface area (Å²) in [6.45, 7) is 2.96. The van der Waals surface area contributed by atoms with Crippen LogP contribution in [0.25, 0.3) is 0 Å². The molecule has 7 heteroatoms. The molecule has 2 heterocycles. The average molecular weight is 324 g/mol. The largest absolute Gasteiger partial charge is 0.429 e. The highest BCUT2D eigenvalue weighted by Gasteiger charge is 2.58. The number of hydrogen-bond donors (Lipinski definition) is 2. The predicted molar refractivity (Wildman–Crippen MR) is 77.4 cm³/mol. The quantitative estimate of drug-likeness (QED) is 0.776. The Kier molecular flexibility index (Phi) is 4.39. The molecule has 1 aromatic carbocycles. The molecule has 0 radical (unpaired) electrons. The molecule has 0 bridgehead atoms. The van der Waals surface area contributed by atoms with Crippen molar-refractivity contribution in [3.8, 4) is 0 Å². The van der Waals surface area contributed by atoms with E-state index in [9.17, 15) is 9.90 Å². The van der Waals surface area contributed by atoms with E-state index in [1.165, 1.54) is 0 Å². The minimum atomic E-state index is -1.15. The maximum atomic E-state index is 12.2. The van der Waals surface area contributed by atoms with E-state index < -0.39 is 49.1 Å². The molecule has 3 rings (SSSR count). The minimum absolute atomic E-state index is 0.386. The van der Waals surface area contributed by atoms with Crippen LogP contribution in [0.15, 0.2) is 30.3 Å². The number of esters is 1. The van der Waals surface area contributed by atoms with Gasteiger partial charge in [0.15, 0.2) is 11.9 Å². The Bertz CT molecular complexity index is 559. The standard InChI is InChI=1S/C16H20O7/c1-16(2)22-12-11(10(18)8-17)20-15(13(12)23-16)21-14(19)9-6-4-3-5-7-9/h3-7,10-13,15,17-18H,8H2,1-2H3/t10-,11+,12-,13-,15?/m0/s1. The van der Waals surface area contributed by atoms with E-state index in [2.05, 4.69) is 0 Å². The fourth-order valence-corrected chi connectivity index (χ4v) is 2.85. The van der Waals surface area contributed by atoms with Crippen molar-refractivity contribution >= 4 is 5.97 Å². The lowest BCUT2D eigenvalue weighted by molar-refractivity contribution is -0.231. The van der Waals surface area contributed by atoms with Crippen molar-refractivity contribution in [3.05, 3.63) is 35.9 Å². The van der Waals surface area contributed by atoms with Gasteiger partial charge in [0.25, 0.3) is 0 Å². The molecule has 1 aromatic rings. The summed E-state index contributed by atoms with van der Waals surface area (Å²) in [5.41, 5.74) is 0.386. The van der Waals surface area contributed by atoms with E-state index in [1.807, 2.05) is 0 Å². The zero-order valence-corrected chi connectivity index (χ0v) is 12.9. The molecule has 1 unspecified atom stereocenters. The first kappa shape index (κ1) is 16.4. The molecule has 0 spiro atoms. The molecule has 23 heavy (non-hydrogen) atoms. The van der Waals surface area contributed by atoms with Crippen LogP contribution in [-0.4, -0.2) is 59.3 Å². The van der Waals surface area contributed by atoms with Crippen molar-refractivity contribution in [2.75, 3.05) is 6.61 Å². The molecule has 2 fully saturated rings. The predicted octanol–water partition coefficient (Wildman–Crippen LogP) is 0.442. The van der Waals surface area contributed by atoms with Crippen LogP contribution in [0.5, 0.6) is 0 Å². The average Bonchev–Trinajstić information content (AvgIpc) is 3.01. The molecule has 0 saturated carbocycles. The molecule has 0 aliphatic carbocycles. The second-order valence-corrected chi connectivity index (χ2v) is 6.06. The molecule has 7 nitrogen and oxygen atoms in total. The fourth-order valence-electron chi connectivity index (χ4n) is 2.85. The van der Waals surface area contributed by atoms with E-state index in [4.69, 9.17) is 24.1 Å². The summed E-state index contributed by atoms with van der Waals surface area (Å²) >= 11 is 0. The minimum Gasteiger partial charge on any atom is -0.429 e. The summed E-state index contributed by atoms with van der Waals surface area (Å²) in [5, 5.41) is 19.1. The Morgan fingerprint density at radius 2 is 1.91 bits per heavy atom. The van der Waals surface area contributed by atoms with Crippen LogP contribution in [-0.2, 0) is 18.9 Å². The number of aliphatic hydroxyl groups is 2. The molecule has 5 atom stereocenters. The molecule has 0 amide bonds. The summed E-state index contributed by atoms with van der Waals surface area (Å²) in [6.07, 6.45) is -4.29. The van der Waals surface area contributed by atoms with Crippen molar-refractivity contribution < 1.29 is 34.0 Å². The number of hydrogen-bond acceptors (Lipinski definition) is 7. The molecular formula is C16H20O7. The summed E-state index contributed by atoms with van der Waals surface area (Å²) < 4.78 is 22.4. The number of ether oxygens (including phenoxy) is 4. The van der Waals surface area contributed by atoms with E-state index in [-0.39, 0.29) is 0 Å². The van der Waals surface area contributed by atoms with Gasteiger partial charge in [-0.1, -0.05) is 18.2 Å². The summed E-state index contributed by atoms with van der Waals surface area (Å²) in [5.74, 6) is -1.44. The van der Waals surface area contributed by atoms with E-state index in [0.29, 0.717) is 5.56 Å². The van der Waals surface area contributed by atoms with Gasteiger partial charge in [0.2, 0.25) is 6.29 Å². The van der Waals surface area contributed by atoms with Crippen LogP contribution < -0.4 is 0 Å². The summed E-state index contributed by atoms with van der Waals surface area (Å²) in [7, 11) is 0. The Morgan fingerprint density at radius 3 is 2.57 bits per heavy atom. The van der Waals surface area contributed by atoms with Crippen LogP contribution >= 0.6 is 0 Å². The molecule has 0 aromatic heterocycles. The fraction of sp³-hybridized carbons (Fsp3) is 0.562. The van der Waals surface area contributed by atoms with E-state index in [0.717, 1.165) is 0 Å². The number of aliphatic hydroxyl groups excluding tert-OH is 2. The van der Waals surface area contributed by atoms with Crippen molar-refractivity contribution in [2.24, 2.45) is 0 Å². The smallest absolute Gasteiger partial charge is 0.340 e. The van der Waals surface area contributed by atoms with Crippen LogP contribution in [0.3, 0.4) is 0 Å². The highest BCUT2D eigenvalue weighted by molar-refractivity contribution is 5.89. The van der Waals surface area contributed by atoms with Gasteiger partial charge < -0.3 is 29.2 Å². The zero-order valence-electron chi connectivity index (χ0n) is 12.9. The third-order valence-electron chi connectivity index (χ3n) is 3.85. The molecule has 2 saturated heterocycles. The van der Waals surface area contributed by atoms with Gasteiger partial charge in [0, 0.05) is 0 Å². The van der Waals surface area contributed by atoms with Crippen LogP contribution in [0.2, 0.25) is 0 Å². The van der Waals surface area contributed by atoms with Gasteiger partial charge in [-0.25, -0.2) is 4.79 Å². The molecule has 126 valence electrons. The summed E-state index contributed by atoms with van der Waals surface area (Å²) in [6, 6.07) is 8.51. The highest BCUT2D eigenvalue weighted by Crippen LogP contribution is 2.40. The third-order valence-corrected chi connectivity index (χ3v) is 3.85. The molecular weight excluding hydrogens is 304 g/mol. The number of carbonyl (C=O) groups excluding carboxylic acids is 1. The third kappa shape index (κ3) is 3.24. The van der Waals surface area contributed by atoms with Gasteiger partial charge in [0.1, 0.15) is 18.3 Å². The van der Waals surface area contributed by atoms with E-state index >= 15 is 0 Å². The first-order valence-electron chi connectivity index (χ1n) is 7.47. The maximum absolute atomic E-state index is 12.2. The van der Waals surface area contributed by atoms with Gasteiger partial charge in [-0.3, -0.25) is 0 Å². The van der Waals surface area contributed by atoms with Crippen molar-refractivity contribution in [2.45, 2.75) is 50.3 Å². The molecule has 2 aliphatic heterocycles. The van der Waals surface area contributed by atoms with Crippen LogP contribution in [0, 0.1) is 0 Å². The zero-order chi connectivity index (χ0) is 16.6. The molecule has 2 aliphatic rings. The Balaban J connectivity index is 1.75. The van der Waals surface area contributed by atoms with Gasteiger partial charge in [-0.2, -0.15) is 0 Å². The molecule has 2 N–H and O–H groups in total. The Morgan fingerprint density at radius 1 is 1.26 bits per heavy atom. The van der Waals surface area contributed by atoms with Gasteiger partial charge in [-0.15, -0.1) is 0 Å².